The summed E-state index contributed by atoms with van der Waals surface area (Å²) >= 11 is 1.77. The van der Waals surface area contributed by atoms with Gasteiger partial charge in [0, 0.05) is 4.88 Å². The van der Waals surface area contributed by atoms with Crippen molar-refractivity contribution < 1.29 is 9.21 Å². The Bertz CT molecular complexity index is 915. The van der Waals surface area contributed by atoms with Gasteiger partial charge in [-0.05, 0) is 42.9 Å². The average molecular weight is 342 g/mol. The fraction of sp³-hybridized carbons (Fsp3) is 0.353. The van der Waals surface area contributed by atoms with Crippen LogP contribution in [0.2, 0.25) is 0 Å². The first kappa shape index (κ1) is 15.1. The molecule has 0 aliphatic heterocycles. The van der Waals surface area contributed by atoms with E-state index in [2.05, 4.69) is 22.2 Å². The first-order valence-corrected chi connectivity index (χ1v) is 8.81. The first-order chi connectivity index (χ1) is 11.6. The molecule has 4 rings (SSSR count). The number of aromatic nitrogens is 2. The van der Waals surface area contributed by atoms with E-state index in [9.17, 15) is 4.79 Å². The Balaban J connectivity index is 1.63. The minimum absolute atomic E-state index is 0.168. The van der Waals surface area contributed by atoms with E-state index in [1.165, 1.54) is 16.9 Å². The summed E-state index contributed by atoms with van der Waals surface area (Å²) < 4.78 is 5.41. The topological polar surface area (TPSA) is 94.0 Å². The molecule has 3 aromatic heterocycles. The maximum absolute atomic E-state index is 11.1. The second kappa shape index (κ2) is 5.90. The van der Waals surface area contributed by atoms with Crippen molar-refractivity contribution in [3.63, 3.8) is 0 Å². The molecule has 0 fully saturated rings. The molecule has 24 heavy (non-hydrogen) atoms. The lowest BCUT2D eigenvalue weighted by atomic mass is 9.89. The number of primary amides is 1. The van der Waals surface area contributed by atoms with Crippen LogP contribution >= 0.6 is 11.3 Å². The number of carbonyl (C=O) groups excluding carboxylic acids is 1. The third-order valence-electron chi connectivity index (χ3n) is 4.43. The van der Waals surface area contributed by atoms with Gasteiger partial charge in [0.05, 0.1) is 11.9 Å². The van der Waals surface area contributed by atoms with Crippen LogP contribution in [0.3, 0.4) is 0 Å². The zero-order valence-corrected chi connectivity index (χ0v) is 14.2. The van der Waals surface area contributed by atoms with Crippen LogP contribution in [0.15, 0.2) is 22.9 Å². The Hall–Kier alpha value is -2.41. The van der Waals surface area contributed by atoms with Crippen molar-refractivity contribution in [2.45, 2.75) is 32.7 Å². The number of nitrogens with zero attached hydrogens (tertiary/aromatic N) is 2. The Kier molecular flexibility index (Phi) is 3.72. The van der Waals surface area contributed by atoms with Crippen molar-refractivity contribution in [3.8, 4) is 0 Å². The molecule has 3 heterocycles. The van der Waals surface area contributed by atoms with E-state index in [1.807, 2.05) is 0 Å². The number of anilines is 1. The average Bonchev–Trinajstić information content (AvgIpc) is 3.16. The fourth-order valence-corrected chi connectivity index (χ4v) is 4.54. The van der Waals surface area contributed by atoms with Crippen LogP contribution in [-0.4, -0.2) is 15.9 Å². The number of rotatable bonds is 4. The summed E-state index contributed by atoms with van der Waals surface area (Å²) in [5.41, 5.74) is 6.59. The monoisotopic (exact) mass is 342 g/mol. The lowest BCUT2D eigenvalue weighted by Gasteiger charge is -2.18. The molecule has 6 nitrogen and oxygen atoms in total. The Morgan fingerprint density at radius 1 is 1.46 bits per heavy atom. The summed E-state index contributed by atoms with van der Waals surface area (Å²) in [7, 11) is 0. The smallest absolute Gasteiger partial charge is 0.284 e. The highest BCUT2D eigenvalue weighted by Crippen LogP contribution is 2.39. The molecule has 7 heteroatoms. The number of aryl methyl sites for hydroxylation is 1. The molecule has 0 unspecified atom stereocenters. The molecule has 0 bridgehead atoms. The first-order valence-electron chi connectivity index (χ1n) is 7.99. The number of nitrogens with two attached hydrogens (primary N) is 1. The van der Waals surface area contributed by atoms with Gasteiger partial charge < -0.3 is 15.5 Å². The predicted molar refractivity (Wildman–Crippen MR) is 93.2 cm³/mol. The van der Waals surface area contributed by atoms with Gasteiger partial charge in [-0.25, -0.2) is 9.97 Å². The number of fused-ring (bicyclic) bond motifs is 3. The van der Waals surface area contributed by atoms with Crippen molar-refractivity contribution >= 4 is 33.3 Å². The van der Waals surface area contributed by atoms with E-state index in [4.69, 9.17) is 10.2 Å². The van der Waals surface area contributed by atoms with Gasteiger partial charge in [0.25, 0.3) is 5.91 Å². The molecule has 3 aromatic rings. The highest BCUT2D eigenvalue weighted by molar-refractivity contribution is 7.19. The van der Waals surface area contributed by atoms with Gasteiger partial charge >= 0.3 is 0 Å². The van der Waals surface area contributed by atoms with Crippen molar-refractivity contribution in [2.24, 2.45) is 11.7 Å². The highest BCUT2D eigenvalue weighted by Gasteiger charge is 2.23. The molecule has 124 valence electrons. The summed E-state index contributed by atoms with van der Waals surface area (Å²) in [6.45, 7) is 2.74. The molecule has 0 spiro atoms. The van der Waals surface area contributed by atoms with Crippen LogP contribution in [0.5, 0.6) is 0 Å². The normalized spacial score (nSPS) is 17.0. The lowest BCUT2D eigenvalue weighted by molar-refractivity contribution is 0.0972. The second-order valence-corrected chi connectivity index (χ2v) is 7.32. The second-order valence-electron chi connectivity index (χ2n) is 6.24. The van der Waals surface area contributed by atoms with Crippen LogP contribution < -0.4 is 11.1 Å². The van der Waals surface area contributed by atoms with Crippen molar-refractivity contribution in [3.05, 3.63) is 40.4 Å². The van der Waals surface area contributed by atoms with E-state index >= 15 is 0 Å². The quantitative estimate of drug-likeness (QED) is 0.760. The number of amides is 1. The zero-order valence-electron chi connectivity index (χ0n) is 13.3. The molecule has 0 saturated heterocycles. The predicted octanol–water partition coefficient (Wildman–Crippen LogP) is 3.12. The van der Waals surface area contributed by atoms with Crippen LogP contribution in [0.4, 0.5) is 5.82 Å². The standard InChI is InChI=1S/C17H18N4O2S/c1-9-2-4-11-13(6-9)24-17-14(11)16(20-8-21-17)19-7-10-3-5-12(23-10)15(18)22/h3,5,8-9H,2,4,6-7H2,1H3,(H2,18,22)(H,19,20,21)/t9-/m1/s1. The van der Waals surface area contributed by atoms with E-state index < -0.39 is 5.91 Å². The lowest BCUT2D eigenvalue weighted by Crippen LogP contribution is -2.10. The maximum Gasteiger partial charge on any atom is 0.284 e. The molecule has 0 radical (unpaired) electrons. The molecular formula is C17H18N4O2S. The van der Waals surface area contributed by atoms with Crippen molar-refractivity contribution in [2.75, 3.05) is 5.32 Å². The van der Waals surface area contributed by atoms with Gasteiger partial charge in [-0.3, -0.25) is 4.79 Å². The van der Waals surface area contributed by atoms with E-state index in [0.29, 0.717) is 12.3 Å². The zero-order chi connectivity index (χ0) is 16.7. The molecule has 1 amide bonds. The van der Waals surface area contributed by atoms with Crippen molar-refractivity contribution in [1.29, 1.82) is 0 Å². The minimum atomic E-state index is -0.563. The number of hydrogen-bond acceptors (Lipinski definition) is 6. The number of carbonyl (C=O) groups is 1. The number of nitrogens with one attached hydrogen (secondary N) is 1. The minimum Gasteiger partial charge on any atom is -0.454 e. The Morgan fingerprint density at radius 3 is 3.12 bits per heavy atom. The molecule has 1 atom stereocenters. The SMILES string of the molecule is C[C@@H]1CCc2c(sc3ncnc(NCc4ccc(C(N)=O)o4)c23)C1. The molecule has 1 aliphatic carbocycles. The van der Waals surface area contributed by atoms with Crippen LogP contribution in [0.1, 0.15) is 40.1 Å². The largest absolute Gasteiger partial charge is 0.454 e. The van der Waals surface area contributed by atoms with Crippen molar-refractivity contribution in [1.82, 2.24) is 9.97 Å². The van der Waals surface area contributed by atoms with E-state index in [1.54, 1.807) is 29.8 Å². The van der Waals surface area contributed by atoms with Crippen LogP contribution in [-0.2, 0) is 19.4 Å². The summed E-state index contributed by atoms with van der Waals surface area (Å²) in [6, 6.07) is 3.33. The third kappa shape index (κ3) is 2.65. The van der Waals surface area contributed by atoms with Gasteiger partial charge in [-0.15, -0.1) is 11.3 Å². The van der Waals surface area contributed by atoms with E-state index in [-0.39, 0.29) is 5.76 Å². The summed E-state index contributed by atoms with van der Waals surface area (Å²) in [6.07, 6.45) is 4.99. The van der Waals surface area contributed by atoms with Gasteiger partial charge in [0.1, 0.15) is 22.7 Å². The molecule has 0 aromatic carbocycles. The van der Waals surface area contributed by atoms with Crippen LogP contribution in [0, 0.1) is 5.92 Å². The molecule has 0 saturated carbocycles. The summed E-state index contributed by atoms with van der Waals surface area (Å²) in [4.78, 5) is 22.4. The maximum atomic E-state index is 11.1. The van der Waals surface area contributed by atoms with Gasteiger partial charge in [0.15, 0.2) is 5.76 Å². The highest BCUT2D eigenvalue weighted by atomic mass is 32.1. The summed E-state index contributed by atoms with van der Waals surface area (Å²) in [5.74, 6) is 1.80. The molecular weight excluding hydrogens is 324 g/mol. The van der Waals surface area contributed by atoms with E-state index in [0.717, 1.165) is 34.8 Å². The van der Waals surface area contributed by atoms with Gasteiger partial charge in [-0.2, -0.15) is 0 Å². The molecule has 3 N–H and O–H groups in total. The number of hydrogen-bond donors (Lipinski definition) is 2. The fourth-order valence-electron chi connectivity index (χ4n) is 3.19. The van der Waals surface area contributed by atoms with Gasteiger partial charge in [-0.1, -0.05) is 6.92 Å². The molecule has 1 aliphatic rings. The van der Waals surface area contributed by atoms with Crippen LogP contribution in [0.25, 0.3) is 10.2 Å². The Labute approximate surface area is 143 Å². The number of thiophene rings is 1. The third-order valence-corrected chi connectivity index (χ3v) is 5.59. The summed E-state index contributed by atoms with van der Waals surface area (Å²) in [5, 5.41) is 4.44. The number of furan rings is 1. The Morgan fingerprint density at radius 2 is 2.33 bits per heavy atom. The van der Waals surface area contributed by atoms with Gasteiger partial charge in [0.2, 0.25) is 0 Å².